The van der Waals surface area contributed by atoms with E-state index in [-0.39, 0.29) is 12.3 Å². The average Bonchev–Trinajstić information content (AvgIpc) is 2.19. The molecule has 0 aliphatic heterocycles. The molecular weight excluding hydrogens is 215 g/mol. The first-order valence-corrected chi connectivity index (χ1v) is 4.63. The number of amides is 1. The molecule has 0 heterocycles. The maximum Gasteiger partial charge on any atom is 0.404 e. The van der Waals surface area contributed by atoms with Crippen molar-refractivity contribution in [3.63, 3.8) is 0 Å². The number of primary amides is 1. The Balaban J connectivity index is 2.48. The minimum atomic E-state index is -0.875. The van der Waals surface area contributed by atoms with Crippen LogP contribution in [0.3, 0.4) is 0 Å². The number of ether oxygens (including phenoxy) is 2. The van der Waals surface area contributed by atoms with Crippen LogP contribution in [0, 0.1) is 5.82 Å². The van der Waals surface area contributed by atoms with Gasteiger partial charge in [0.25, 0.3) is 0 Å². The first-order chi connectivity index (χ1) is 7.49. The fourth-order valence-electron chi connectivity index (χ4n) is 1.04. The van der Waals surface area contributed by atoms with E-state index in [9.17, 15) is 9.18 Å². The SMILES string of the molecule is C[C@@H](COc1ccc(N)c(F)c1)OC(N)=O. The molecule has 4 N–H and O–H groups in total. The quantitative estimate of drug-likeness (QED) is 0.759. The van der Waals surface area contributed by atoms with Gasteiger partial charge in [-0.05, 0) is 19.1 Å². The van der Waals surface area contributed by atoms with Gasteiger partial charge < -0.3 is 20.9 Å². The van der Waals surface area contributed by atoms with E-state index in [1.165, 1.54) is 12.1 Å². The van der Waals surface area contributed by atoms with Crippen LogP contribution in [0.1, 0.15) is 6.92 Å². The van der Waals surface area contributed by atoms with Gasteiger partial charge in [0.05, 0.1) is 5.69 Å². The maximum absolute atomic E-state index is 13.0. The monoisotopic (exact) mass is 228 g/mol. The summed E-state index contributed by atoms with van der Waals surface area (Å²) >= 11 is 0. The van der Waals surface area contributed by atoms with E-state index in [1.807, 2.05) is 0 Å². The van der Waals surface area contributed by atoms with Gasteiger partial charge >= 0.3 is 6.09 Å². The molecule has 1 aromatic carbocycles. The third kappa shape index (κ3) is 3.64. The van der Waals surface area contributed by atoms with E-state index in [0.717, 1.165) is 6.07 Å². The molecule has 16 heavy (non-hydrogen) atoms. The number of rotatable bonds is 4. The first-order valence-electron chi connectivity index (χ1n) is 4.63. The lowest BCUT2D eigenvalue weighted by atomic mass is 10.3. The summed E-state index contributed by atoms with van der Waals surface area (Å²) in [6, 6.07) is 4.08. The summed E-state index contributed by atoms with van der Waals surface area (Å²) in [5, 5.41) is 0. The average molecular weight is 228 g/mol. The highest BCUT2D eigenvalue weighted by atomic mass is 19.1. The topological polar surface area (TPSA) is 87.6 Å². The molecule has 0 saturated carbocycles. The highest BCUT2D eigenvalue weighted by Crippen LogP contribution is 2.18. The van der Waals surface area contributed by atoms with Gasteiger partial charge in [0.2, 0.25) is 0 Å². The van der Waals surface area contributed by atoms with Crippen molar-refractivity contribution >= 4 is 11.8 Å². The maximum atomic E-state index is 13.0. The molecule has 0 fully saturated rings. The number of carbonyl (C=O) groups is 1. The predicted octanol–water partition coefficient (Wildman–Crippen LogP) is 1.27. The van der Waals surface area contributed by atoms with Gasteiger partial charge in [-0.2, -0.15) is 0 Å². The number of hydrogen-bond donors (Lipinski definition) is 2. The fraction of sp³-hybridized carbons (Fsp3) is 0.300. The molecule has 1 rings (SSSR count). The number of hydrogen-bond acceptors (Lipinski definition) is 4. The summed E-state index contributed by atoms with van der Waals surface area (Å²) in [7, 11) is 0. The number of nitrogen functional groups attached to an aromatic ring is 1. The lowest BCUT2D eigenvalue weighted by Crippen LogP contribution is -2.25. The molecule has 1 amide bonds. The summed E-state index contributed by atoms with van der Waals surface area (Å²) in [4.78, 5) is 10.4. The molecule has 0 radical (unpaired) electrons. The third-order valence-electron chi connectivity index (χ3n) is 1.77. The summed E-state index contributed by atoms with van der Waals surface area (Å²) in [5.74, 6) is -0.243. The van der Waals surface area contributed by atoms with E-state index in [4.69, 9.17) is 16.2 Å². The standard InChI is InChI=1S/C10H13FN2O3/c1-6(16-10(13)14)5-15-7-2-3-9(12)8(11)4-7/h2-4,6H,5,12H2,1H3,(H2,13,14)/t6-/m0/s1. The highest BCUT2D eigenvalue weighted by Gasteiger charge is 2.07. The number of carbonyl (C=O) groups excluding carboxylic acids is 1. The summed E-state index contributed by atoms with van der Waals surface area (Å²) in [6.45, 7) is 1.70. The van der Waals surface area contributed by atoms with Gasteiger partial charge in [-0.1, -0.05) is 0 Å². The molecule has 0 saturated heterocycles. The Labute approximate surface area is 92.1 Å². The van der Waals surface area contributed by atoms with Crippen LogP contribution in [0.5, 0.6) is 5.75 Å². The molecule has 0 aromatic heterocycles. The molecular formula is C10H13FN2O3. The minimum Gasteiger partial charge on any atom is -0.490 e. The smallest absolute Gasteiger partial charge is 0.404 e. The van der Waals surface area contributed by atoms with Crippen molar-refractivity contribution in [3.05, 3.63) is 24.0 Å². The van der Waals surface area contributed by atoms with Gasteiger partial charge in [-0.25, -0.2) is 9.18 Å². The Hall–Kier alpha value is -1.98. The lowest BCUT2D eigenvalue weighted by Gasteiger charge is -2.12. The molecule has 0 aliphatic rings. The number of nitrogens with two attached hydrogens (primary N) is 2. The number of benzene rings is 1. The zero-order valence-corrected chi connectivity index (χ0v) is 8.77. The molecule has 0 spiro atoms. The highest BCUT2D eigenvalue weighted by molar-refractivity contribution is 5.64. The van der Waals surface area contributed by atoms with Crippen molar-refractivity contribution in [2.75, 3.05) is 12.3 Å². The van der Waals surface area contributed by atoms with Crippen molar-refractivity contribution in [3.8, 4) is 5.75 Å². The van der Waals surface area contributed by atoms with Crippen LogP contribution in [0.2, 0.25) is 0 Å². The third-order valence-corrected chi connectivity index (χ3v) is 1.77. The van der Waals surface area contributed by atoms with Gasteiger partial charge in [-0.3, -0.25) is 0 Å². The molecule has 1 atom stereocenters. The lowest BCUT2D eigenvalue weighted by molar-refractivity contribution is 0.0822. The van der Waals surface area contributed by atoms with Crippen molar-refractivity contribution in [1.82, 2.24) is 0 Å². The fourth-order valence-corrected chi connectivity index (χ4v) is 1.04. The van der Waals surface area contributed by atoms with E-state index in [2.05, 4.69) is 4.74 Å². The predicted molar refractivity (Wildman–Crippen MR) is 56.4 cm³/mol. The van der Waals surface area contributed by atoms with Gasteiger partial charge in [0.15, 0.2) is 0 Å². The molecule has 88 valence electrons. The Kier molecular flexibility index (Phi) is 3.93. The summed E-state index contributed by atoms with van der Waals surface area (Å²) in [5.41, 5.74) is 10.2. The van der Waals surface area contributed by atoms with Crippen LogP contribution in [0.4, 0.5) is 14.9 Å². The van der Waals surface area contributed by atoms with Crippen LogP contribution in [0.15, 0.2) is 18.2 Å². The normalized spacial score (nSPS) is 11.9. The van der Waals surface area contributed by atoms with Crippen molar-refractivity contribution in [2.45, 2.75) is 13.0 Å². The summed E-state index contributed by atoms with van der Waals surface area (Å²) in [6.07, 6.45) is -1.38. The van der Waals surface area contributed by atoms with E-state index < -0.39 is 18.0 Å². The van der Waals surface area contributed by atoms with Gasteiger partial charge in [0, 0.05) is 6.07 Å². The minimum absolute atomic E-state index is 0.0498. The number of halogens is 1. The van der Waals surface area contributed by atoms with E-state index in [0.29, 0.717) is 5.75 Å². The second-order valence-corrected chi connectivity index (χ2v) is 3.24. The molecule has 1 aromatic rings. The first kappa shape index (κ1) is 12.1. The largest absolute Gasteiger partial charge is 0.490 e. The van der Waals surface area contributed by atoms with Gasteiger partial charge in [0.1, 0.15) is 24.3 Å². The van der Waals surface area contributed by atoms with Crippen LogP contribution >= 0.6 is 0 Å². The second kappa shape index (κ2) is 5.20. The molecule has 0 unspecified atom stereocenters. The van der Waals surface area contributed by atoms with E-state index in [1.54, 1.807) is 6.92 Å². The molecule has 0 aliphatic carbocycles. The molecule has 0 bridgehead atoms. The van der Waals surface area contributed by atoms with Gasteiger partial charge in [-0.15, -0.1) is 0 Å². The van der Waals surface area contributed by atoms with Crippen LogP contribution in [0.25, 0.3) is 0 Å². The zero-order valence-electron chi connectivity index (χ0n) is 8.77. The Bertz CT molecular complexity index is 384. The summed E-state index contributed by atoms with van der Waals surface area (Å²) < 4.78 is 22.8. The van der Waals surface area contributed by atoms with Crippen LogP contribution in [-0.2, 0) is 4.74 Å². The van der Waals surface area contributed by atoms with Crippen LogP contribution in [-0.4, -0.2) is 18.8 Å². The van der Waals surface area contributed by atoms with E-state index >= 15 is 0 Å². The van der Waals surface area contributed by atoms with Crippen molar-refractivity contribution in [1.29, 1.82) is 0 Å². The van der Waals surface area contributed by atoms with Crippen molar-refractivity contribution < 1.29 is 18.7 Å². The van der Waals surface area contributed by atoms with Crippen LogP contribution < -0.4 is 16.2 Å². The Morgan fingerprint density at radius 3 is 2.81 bits per heavy atom. The second-order valence-electron chi connectivity index (χ2n) is 3.24. The zero-order chi connectivity index (χ0) is 12.1. The molecule has 5 nitrogen and oxygen atoms in total. The Morgan fingerprint density at radius 1 is 1.56 bits per heavy atom. The van der Waals surface area contributed by atoms with Crippen molar-refractivity contribution in [2.24, 2.45) is 5.73 Å². The molecule has 6 heteroatoms. The number of anilines is 1. The Morgan fingerprint density at radius 2 is 2.25 bits per heavy atom.